The second-order valence-electron chi connectivity index (χ2n) is 7.26. The summed E-state index contributed by atoms with van der Waals surface area (Å²) in [6, 6.07) is 11.5. The topological polar surface area (TPSA) is 109 Å². The van der Waals surface area contributed by atoms with E-state index in [1.165, 1.54) is 32.9 Å². The summed E-state index contributed by atoms with van der Waals surface area (Å²) in [5, 5.41) is 9.06. The molecular formula is C19H19FN4O2S. The van der Waals surface area contributed by atoms with E-state index < -0.39 is 31.7 Å². The van der Waals surface area contributed by atoms with Crippen LogP contribution in [0.2, 0.25) is 0 Å². The predicted octanol–water partition coefficient (Wildman–Crippen LogP) is 2.54. The molecule has 0 aliphatic carbocycles. The first-order chi connectivity index (χ1) is 12.5. The van der Waals surface area contributed by atoms with Gasteiger partial charge in [0.2, 0.25) is 0 Å². The summed E-state index contributed by atoms with van der Waals surface area (Å²) >= 11 is 0. The molecule has 0 fully saturated rings. The third-order valence-corrected chi connectivity index (χ3v) is 7.58. The van der Waals surface area contributed by atoms with Crippen molar-refractivity contribution in [3.63, 3.8) is 0 Å². The Morgan fingerprint density at radius 1 is 1.22 bits per heavy atom. The number of nitriles is 1. The standard InChI is InChI=1S/C19H19FN4O2S/c1-18(2)17(22)24-19(3,11-27(18,25)26)16-14(20)7-8-15(23-16)13-6-4-5-12(9-13)10-21/h4-9H,11H2,1-3H3,(H2,22,24). The van der Waals surface area contributed by atoms with Crippen LogP contribution in [0.3, 0.4) is 0 Å². The largest absolute Gasteiger partial charge is 0.386 e. The van der Waals surface area contributed by atoms with E-state index in [9.17, 15) is 12.8 Å². The van der Waals surface area contributed by atoms with E-state index in [1.54, 1.807) is 24.3 Å². The van der Waals surface area contributed by atoms with Crippen molar-refractivity contribution in [3.8, 4) is 17.3 Å². The zero-order chi connectivity index (χ0) is 20.0. The van der Waals surface area contributed by atoms with Gasteiger partial charge in [0.25, 0.3) is 0 Å². The maximum absolute atomic E-state index is 14.6. The smallest absolute Gasteiger partial charge is 0.165 e. The van der Waals surface area contributed by atoms with E-state index in [2.05, 4.69) is 9.98 Å². The third-order valence-electron chi connectivity index (χ3n) is 4.88. The number of aliphatic imine (C=N–C) groups is 1. The summed E-state index contributed by atoms with van der Waals surface area (Å²) in [5.74, 6) is -1.14. The molecule has 0 bridgehead atoms. The number of rotatable bonds is 2. The van der Waals surface area contributed by atoms with Crippen LogP contribution < -0.4 is 5.73 Å². The highest BCUT2D eigenvalue weighted by Gasteiger charge is 2.50. The number of benzene rings is 1. The molecule has 1 aromatic heterocycles. The van der Waals surface area contributed by atoms with Crippen molar-refractivity contribution in [1.82, 2.24) is 4.98 Å². The van der Waals surface area contributed by atoms with E-state index in [0.717, 1.165) is 0 Å². The lowest BCUT2D eigenvalue weighted by atomic mass is 9.97. The normalized spacial score (nSPS) is 23.3. The molecule has 140 valence electrons. The Labute approximate surface area is 157 Å². The van der Waals surface area contributed by atoms with Crippen LogP contribution in [0.1, 0.15) is 32.0 Å². The van der Waals surface area contributed by atoms with Gasteiger partial charge in [-0.1, -0.05) is 12.1 Å². The van der Waals surface area contributed by atoms with Gasteiger partial charge in [0.15, 0.2) is 9.84 Å². The van der Waals surface area contributed by atoms with Crippen LogP contribution in [0.4, 0.5) is 4.39 Å². The second-order valence-corrected chi connectivity index (χ2v) is 9.80. The Kier molecular flexibility index (Phi) is 4.31. The number of nitrogens with two attached hydrogens (primary N) is 1. The van der Waals surface area contributed by atoms with E-state index in [1.807, 2.05) is 6.07 Å². The minimum atomic E-state index is -3.68. The number of amidine groups is 1. The van der Waals surface area contributed by atoms with Crippen molar-refractivity contribution < 1.29 is 12.8 Å². The molecule has 1 aromatic carbocycles. The van der Waals surface area contributed by atoms with Crippen LogP contribution >= 0.6 is 0 Å². The molecule has 27 heavy (non-hydrogen) atoms. The third kappa shape index (κ3) is 3.08. The molecular weight excluding hydrogens is 367 g/mol. The van der Waals surface area contributed by atoms with Gasteiger partial charge in [-0.2, -0.15) is 5.26 Å². The van der Waals surface area contributed by atoms with Crippen LogP contribution in [-0.2, 0) is 15.4 Å². The highest BCUT2D eigenvalue weighted by atomic mass is 32.2. The number of aromatic nitrogens is 1. The number of sulfone groups is 1. The Morgan fingerprint density at radius 2 is 1.93 bits per heavy atom. The molecule has 1 aliphatic rings. The van der Waals surface area contributed by atoms with Gasteiger partial charge in [-0.25, -0.2) is 17.8 Å². The molecule has 1 aliphatic heterocycles. The van der Waals surface area contributed by atoms with Crippen molar-refractivity contribution >= 4 is 15.7 Å². The fraction of sp³-hybridized carbons (Fsp3) is 0.316. The predicted molar refractivity (Wildman–Crippen MR) is 101 cm³/mol. The van der Waals surface area contributed by atoms with Gasteiger partial charge in [0, 0.05) is 5.56 Å². The first kappa shape index (κ1) is 19.0. The summed E-state index contributed by atoms with van der Waals surface area (Å²) in [6.45, 7) is 4.47. The Morgan fingerprint density at radius 3 is 2.56 bits per heavy atom. The molecule has 3 rings (SSSR count). The van der Waals surface area contributed by atoms with Gasteiger partial charge in [-0.3, -0.25) is 4.99 Å². The molecule has 1 unspecified atom stereocenters. The molecule has 0 saturated carbocycles. The average Bonchev–Trinajstić information content (AvgIpc) is 2.60. The summed E-state index contributed by atoms with van der Waals surface area (Å²) < 4.78 is 38.7. The van der Waals surface area contributed by atoms with Crippen LogP contribution in [-0.4, -0.2) is 29.7 Å². The summed E-state index contributed by atoms with van der Waals surface area (Å²) in [4.78, 5) is 8.67. The van der Waals surface area contributed by atoms with Crippen molar-refractivity contribution in [2.45, 2.75) is 31.1 Å². The first-order valence-electron chi connectivity index (χ1n) is 8.26. The Bertz CT molecular complexity index is 1100. The van der Waals surface area contributed by atoms with E-state index >= 15 is 0 Å². The fourth-order valence-corrected chi connectivity index (χ4v) is 4.66. The van der Waals surface area contributed by atoms with Gasteiger partial charge in [0.1, 0.15) is 27.6 Å². The van der Waals surface area contributed by atoms with Crippen molar-refractivity contribution in [2.75, 3.05) is 5.75 Å². The number of nitrogens with zero attached hydrogens (tertiary/aromatic N) is 3. The molecule has 0 radical (unpaired) electrons. The molecule has 0 spiro atoms. The summed E-state index contributed by atoms with van der Waals surface area (Å²) in [6.07, 6.45) is 0. The zero-order valence-electron chi connectivity index (χ0n) is 15.2. The molecule has 2 N–H and O–H groups in total. The lowest BCUT2D eigenvalue weighted by Gasteiger charge is -2.37. The molecule has 0 saturated heterocycles. The Balaban J connectivity index is 2.18. The average molecular weight is 386 g/mol. The fourth-order valence-electron chi connectivity index (χ4n) is 2.99. The Hall–Kier alpha value is -2.79. The van der Waals surface area contributed by atoms with Gasteiger partial charge < -0.3 is 5.73 Å². The van der Waals surface area contributed by atoms with Gasteiger partial charge in [0.05, 0.1) is 23.1 Å². The number of hydrogen-bond donors (Lipinski definition) is 1. The van der Waals surface area contributed by atoms with Crippen LogP contribution in [0.25, 0.3) is 11.3 Å². The van der Waals surface area contributed by atoms with E-state index in [4.69, 9.17) is 11.0 Å². The van der Waals surface area contributed by atoms with Gasteiger partial charge in [-0.15, -0.1) is 0 Å². The molecule has 2 aromatic rings. The summed E-state index contributed by atoms with van der Waals surface area (Å²) in [7, 11) is -3.68. The zero-order valence-corrected chi connectivity index (χ0v) is 16.0. The van der Waals surface area contributed by atoms with Crippen LogP contribution in [0.5, 0.6) is 0 Å². The van der Waals surface area contributed by atoms with Crippen LogP contribution in [0.15, 0.2) is 41.4 Å². The minimum absolute atomic E-state index is 0.0747. The minimum Gasteiger partial charge on any atom is -0.386 e. The van der Waals surface area contributed by atoms with Gasteiger partial charge >= 0.3 is 0 Å². The van der Waals surface area contributed by atoms with Crippen LogP contribution in [0, 0.1) is 17.1 Å². The first-order valence-corrected chi connectivity index (χ1v) is 9.91. The molecule has 1 atom stereocenters. The maximum Gasteiger partial charge on any atom is 0.165 e. The number of pyridine rings is 1. The molecule has 2 heterocycles. The van der Waals surface area contributed by atoms with Crippen molar-refractivity contribution in [2.24, 2.45) is 10.7 Å². The monoisotopic (exact) mass is 386 g/mol. The molecule has 8 heteroatoms. The SMILES string of the molecule is CC1(c2nc(-c3cccc(C#N)c3)ccc2F)CS(=O)(=O)C(C)(C)C(N)=N1. The van der Waals surface area contributed by atoms with Crippen molar-refractivity contribution in [1.29, 1.82) is 5.26 Å². The van der Waals surface area contributed by atoms with Crippen molar-refractivity contribution in [3.05, 3.63) is 53.5 Å². The quantitative estimate of drug-likeness (QED) is 0.853. The lowest BCUT2D eigenvalue weighted by molar-refractivity contribution is 0.462. The van der Waals surface area contributed by atoms with E-state index in [0.29, 0.717) is 16.8 Å². The number of hydrogen-bond acceptors (Lipinski definition) is 6. The lowest BCUT2D eigenvalue weighted by Crippen LogP contribution is -2.55. The second kappa shape index (κ2) is 6.13. The van der Waals surface area contributed by atoms with E-state index in [-0.39, 0.29) is 11.5 Å². The highest BCUT2D eigenvalue weighted by Crippen LogP contribution is 2.37. The highest BCUT2D eigenvalue weighted by molar-refractivity contribution is 7.93. The maximum atomic E-state index is 14.6. The summed E-state index contributed by atoms with van der Waals surface area (Å²) in [5.41, 5.74) is 5.87. The number of halogens is 1. The molecule has 0 amide bonds. The van der Waals surface area contributed by atoms with Gasteiger partial charge in [-0.05, 0) is 45.0 Å². The molecule has 6 nitrogen and oxygen atoms in total.